The number of benzene rings is 1. The van der Waals surface area contributed by atoms with E-state index < -0.39 is 40.6 Å². The third kappa shape index (κ3) is 4.34. The first kappa shape index (κ1) is 24.3. The molecule has 0 aliphatic rings. The minimum Gasteiger partial charge on any atom is -0.501 e. The lowest BCUT2D eigenvalue weighted by molar-refractivity contribution is 0.101. The summed E-state index contributed by atoms with van der Waals surface area (Å²) < 4.78 is 21.8. The van der Waals surface area contributed by atoms with Gasteiger partial charge in [0.15, 0.2) is 5.69 Å². The third-order valence-electron chi connectivity index (χ3n) is 5.97. The number of aryl methyl sites for hydroxylation is 2. The van der Waals surface area contributed by atoms with E-state index in [2.05, 4.69) is 31.1 Å². The van der Waals surface area contributed by atoms with Crippen molar-refractivity contribution in [2.24, 2.45) is 14.1 Å². The number of aromatic hydroxyl groups is 1. The normalized spacial score (nSPS) is 12.7. The molecular weight excluding hydrogens is 469 g/mol. The van der Waals surface area contributed by atoms with Gasteiger partial charge in [-0.15, -0.1) is 0 Å². The zero-order valence-electron chi connectivity index (χ0n) is 19.9. The summed E-state index contributed by atoms with van der Waals surface area (Å²) in [7, 11) is 3.14. The molecule has 12 heteroatoms. The smallest absolute Gasteiger partial charge is 0.296 e. The van der Waals surface area contributed by atoms with E-state index in [1.807, 2.05) is 0 Å². The molecule has 4 rings (SSSR count). The van der Waals surface area contributed by atoms with Gasteiger partial charge in [-0.1, -0.05) is 12.1 Å². The van der Waals surface area contributed by atoms with Gasteiger partial charge in [-0.05, 0) is 30.7 Å². The van der Waals surface area contributed by atoms with Gasteiger partial charge in [-0.25, -0.2) is 9.37 Å². The molecule has 4 aromatic rings. The Hall–Kier alpha value is -4.79. The molecule has 2 atom stereocenters. The summed E-state index contributed by atoms with van der Waals surface area (Å²) >= 11 is 0. The van der Waals surface area contributed by atoms with Crippen molar-refractivity contribution in [3.63, 3.8) is 0 Å². The van der Waals surface area contributed by atoms with E-state index in [-0.39, 0.29) is 17.1 Å². The summed E-state index contributed by atoms with van der Waals surface area (Å²) in [5.74, 6) is -3.42. The van der Waals surface area contributed by atoms with Gasteiger partial charge in [0.1, 0.15) is 23.6 Å². The standard InChI is InChI=1S/C24H22FN7O4/c1-12(19(18-10-31(3)30-13(18)2)17-7-15(25)6-5-14(17)8-26)22-29-20(21(33)24(35)32(22)4)23(34)28-16-9-27-36-11-16/h5-7,9-12,19,33H,1-4H3,(H,28,34)/t12-,19-/m0/s1. The Balaban J connectivity index is 1.91. The van der Waals surface area contributed by atoms with Crippen LogP contribution in [0.3, 0.4) is 0 Å². The fourth-order valence-electron chi connectivity index (χ4n) is 4.30. The predicted octanol–water partition coefficient (Wildman–Crippen LogP) is 2.71. The number of hydrogen-bond acceptors (Lipinski definition) is 8. The lowest BCUT2D eigenvalue weighted by Gasteiger charge is -2.26. The highest BCUT2D eigenvalue weighted by molar-refractivity contribution is 6.04. The average Bonchev–Trinajstić information content (AvgIpc) is 3.46. The zero-order chi connectivity index (χ0) is 26.1. The Morgan fingerprint density at radius 2 is 2.06 bits per heavy atom. The van der Waals surface area contributed by atoms with Crippen LogP contribution in [0.2, 0.25) is 0 Å². The minimum absolute atomic E-state index is 0.134. The Morgan fingerprint density at radius 3 is 2.67 bits per heavy atom. The van der Waals surface area contributed by atoms with Crippen molar-refractivity contribution in [2.75, 3.05) is 5.32 Å². The Morgan fingerprint density at radius 1 is 1.31 bits per heavy atom. The van der Waals surface area contributed by atoms with E-state index >= 15 is 0 Å². The third-order valence-corrected chi connectivity index (χ3v) is 5.97. The molecule has 0 radical (unpaired) electrons. The fraction of sp³-hybridized carbons (Fsp3) is 0.250. The van der Waals surface area contributed by atoms with Crippen LogP contribution in [0, 0.1) is 24.1 Å². The molecule has 2 N–H and O–H groups in total. The number of nitriles is 1. The molecule has 0 aliphatic carbocycles. The number of carbonyl (C=O) groups is 1. The number of aromatic nitrogens is 5. The number of amides is 1. The van der Waals surface area contributed by atoms with E-state index in [0.29, 0.717) is 16.8 Å². The van der Waals surface area contributed by atoms with Crippen molar-refractivity contribution in [1.82, 2.24) is 24.5 Å². The first-order chi connectivity index (χ1) is 17.1. The Kier molecular flexibility index (Phi) is 6.39. The number of anilines is 1. The van der Waals surface area contributed by atoms with Crippen LogP contribution in [-0.2, 0) is 14.1 Å². The molecule has 36 heavy (non-hydrogen) atoms. The molecule has 0 spiro atoms. The molecule has 184 valence electrons. The van der Waals surface area contributed by atoms with Crippen LogP contribution < -0.4 is 10.9 Å². The molecular formula is C24H22FN7O4. The van der Waals surface area contributed by atoms with Gasteiger partial charge in [-0.3, -0.25) is 18.8 Å². The second-order valence-electron chi connectivity index (χ2n) is 8.35. The number of halogens is 1. The van der Waals surface area contributed by atoms with Crippen molar-refractivity contribution in [3.8, 4) is 11.8 Å². The highest BCUT2D eigenvalue weighted by atomic mass is 19.1. The summed E-state index contributed by atoms with van der Waals surface area (Å²) in [6.07, 6.45) is 4.17. The fourth-order valence-corrected chi connectivity index (χ4v) is 4.30. The maximum Gasteiger partial charge on any atom is 0.296 e. The minimum atomic E-state index is -0.848. The van der Waals surface area contributed by atoms with Crippen LogP contribution in [0.5, 0.6) is 5.75 Å². The van der Waals surface area contributed by atoms with Gasteiger partial charge in [0.05, 0.1) is 23.5 Å². The number of nitrogens with zero attached hydrogens (tertiary/aromatic N) is 6. The maximum absolute atomic E-state index is 14.4. The largest absolute Gasteiger partial charge is 0.501 e. The van der Waals surface area contributed by atoms with Crippen molar-refractivity contribution >= 4 is 11.6 Å². The van der Waals surface area contributed by atoms with Crippen molar-refractivity contribution in [3.05, 3.63) is 86.9 Å². The molecule has 0 saturated heterocycles. The van der Waals surface area contributed by atoms with Crippen LogP contribution in [-0.4, -0.2) is 35.5 Å². The lowest BCUT2D eigenvalue weighted by Crippen LogP contribution is -2.29. The quantitative estimate of drug-likeness (QED) is 0.418. The van der Waals surface area contributed by atoms with Crippen LogP contribution in [0.4, 0.5) is 10.1 Å². The molecule has 3 heterocycles. The van der Waals surface area contributed by atoms with Crippen molar-refractivity contribution in [2.45, 2.75) is 25.7 Å². The number of rotatable bonds is 6. The molecule has 0 unspecified atom stereocenters. The summed E-state index contributed by atoms with van der Waals surface area (Å²) in [5.41, 5.74) is 0.802. The van der Waals surface area contributed by atoms with Gasteiger partial charge in [0.25, 0.3) is 11.5 Å². The van der Waals surface area contributed by atoms with Crippen LogP contribution >= 0.6 is 0 Å². The summed E-state index contributed by atoms with van der Waals surface area (Å²) in [4.78, 5) is 30.1. The van der Waals surface area contributed by atoms with Gasteiger partial charge in [0.2, 0.25) is 5.75 Å². The van der Waals surface area contributed by atoms with Crippen LogP contribution in [0.25, 0.3) is 0 Å². The van der Waals surface area contributed by atoms with Gasteiger partial charge in [-0.2, -0.15) is 10.4 Å². The molecule has 1 aromatic carbocycles. The van der Waals surface area contributed by atoms with Gasteiger partial charge >= 0.3 is 0 Å². The van der Waals surface area contributed by atoms with E-state index in [0.717, 1.165) is 4.57 Å². The summed E-state index contributed by atoms with van der Waals surface area (Å²) in [6, 6.07) is 5.94. The molecule has 11 nitrogen and oxygen atoms in total. The molecule has 0 fully saturated rings. The molecule has 0 bridgehead atoms. The summed E-state index contributed by atoms with van der Waals surface area (Å²) in [5, 5.41) is 30.5. The SMILES string of the molecule is Cc1nn(C)cc1[C@H](c1cc(F)ccc1C#N)[C@H](C)c1nc(C(=O)Nc2cnoc2)c(O)c(=O)n1C. The molecule has 0 saturated carbocycles. The van der Waals surface area contributed by atoms with Crippen molar-refractivity contribution in [1.29, 1.82) is 5.26 Å². The topological polar surface area (TPSA) is 152 Å². The maximum atomic E-state index is 14.4. The average molecular weight is 491 g/mol. The van der Waals surface area contributed by atoms with E-state index in [9.17, 15) is 24.3 Å². The number of nitrogens with one attached hydrogen (secondary N) is 1. The van der Waals surface area contributed by atoms with Crippen molar-refractivity contribution < 1.29 is 18.8 Å². The Bertz CT molecular complexity index is 1550. The zero-order valence-corrected chi connectivity index (χ0v) is 19.9. The first-order valence-corrected chi connectivity index (χ1v) is 10.8. The second kappa shape index (κ2) is 9.46. The Labute approximate surface area is 204 Å². The van der Waals surface area contributed by atoms with E-state index in [1.54, 1.807) is 31.8 Å². The lowest BCUT2D eigenvalue weighted by atomic mass is 9.79. The van der Waals surface area contributed by atoms with E-state index in [4.69, 9.17) is 0 Å². The number of carbonyl (C=O) groups excluding carboxylic acids is 1. The van der Waals surface area contributed by atoms with Crippen LogP contribution in [0.15, 0.2) is 46.2 Å². The highest BCUT2D eigenvalue weighted by Crippen LogP contribution is 2.40. The predicted molar refractivity (Wildman–Crippen MR) is 125 cm³/mol. The van der Waals surface area contributed by atoms with E-state index in [1.165, 1.54) is 37.7 Å². The molecule has 3 aromatic heterocycles. The monoisotopic (exact) mass is 491 g/mol. The van der Waals surface area contributed by atoms with Gasteiger partial charge in [0, 0.05) is 37.7 Å². The first-order valence-electron chi connectivity index (χ1n) is 10.8. The number of hydrogen-bond donors (Lipinski definition) is 2. The van der Waals surface area contributed by atoms with Gasteiger partial charge < -0.3 is 14.9 Å². The second-order valence-corrected chi connectivity index (χ2v) is 8.35. The summed E-state index contributed by atoms with van der Waals surface area (Å²) in [6.45, 7) is 3.52. The highest BCUT2D eigenvalue weighted by Gasteiger charge is 2.32. The molecule has 1 amide bonds. The van der Waals surface area contributed by atoms with Crippen LogP contribution in [0.1, 0.15) is 57.5 Å². The molecule has 0 aliphatic heterocycles.